The minimum Gasteiger partial charge on any atom is -0.490 e. The second kappa shape index (κ2) is 10.6. The predicted molar refractivity (Wildman–Crippen MR) is 129 cm³/mol. The van der Waals surface area contributed by atoms with E-state index in [4.69, 9.17) is 21.1 Å². The van der Waals surface area contributed by atoms with E-state index in [-0.39, 0.29) is 0 Å². The highest BCUT2D eigenvalue weighted by Crippen LogP contribution is 2.34. The highest BCUT2D eigenvalue weighted by molar-refractivity contribution is 14.1. The Hall–Kier alpha value is -2.05. The summed E-state index contributed by atoms with van der Waals surface area (Å²) in [6, 6.07) is 19.9. The van der Waals surface area contributed by atoms with Gasteiger partial charge >= 0.3 is 0 Å². The number of rotatable bonds is 8. The molecular formula is C24H23ClINO2. The molecule has 150 valence electrons. The Kier molecular flexibility index (Phi) is 7.95. The third-order valence-corrected chi connectivity index (χ3v) is 5.39. The monoisotopic (exact) mass is 519 g/mol. The molecule has 3 nitrogen and oxygen atoms in total. The average molecular weight is 520 g/mol. The van der Waals surface area contributed by atoms with E-state index in [1.54, 1.807) is 0 Å². The van der Waals surface area contributed by atoms with Crippen molar-refractivity contribution in [1.29, 1.82) is 0 Å². The fraction of sp³-hybridized carbons (Fsp3) is 0.208. The fourth-order valence-corrected chi connectivity index (χ4v) is 3.68. The Bertz CT molecular complexity index is 969. The Labute approximate surface area is 190 Å². The van der Waals surface area contributed by atoms with Crippen molar-refractivity contribution in [3.8, 4) is 11.5 Å². The number of benzene rings is 3. The molecule has 0 aliphatic rings. The molecule has 5 heteroatoms. The number of nitrogens with zero attached hydrogens (tertiary/aromatic N) is 1. The number of ether oxygens (including phenoxy) is 2. The second-order valence-corrected chi connectivity index (χ2v) is 8.05. The molecule has 0 bridgehead atoms. The first kappa shape index (κ1) is 21.7. The van der Waals surface area contributed by atoms with Crippen molar-refractivity contribution in [3.05, 3.63) is 85.9 Å². The summed E-state index contributed by atoms with van der Waals surface area (Å²) in [7, 11) is 0. The van der Waals surface area contributed by atoms with E-state index in [2.05, 4.69) is 46.6 Å². The first-order chi connectivity index (χ1) is 14.1. The van der Waals surface area contributed by atoms with Crippen molar-refractivity contribution in [2.24, 2.45) is 4.99 Å². The zero-order chi connectivity index (χ0) is 20.6. The van der Waals surface area contributed by atoms with Crippen molar-refractivity contribution < 1.29 is 9.47 Å². The molecule has 0 spiro atoms. The van der Waals surface area contributed by atoms with Crippen LogP contribution in [0.25, 0.3) is 0 Å². The molecule has 0 aliphatic heterocycles. The van der Waals surface area contributed by atoms with E-state index < -0.39 is 0 Å². The minimum atomic E-state index is 0.449. The summed E-state index contributed by atoms with van der Waals surface area (Å²) < 4.78 is 12.9. The Morgan fingerprint density at radius 3 is 2.28 bits per heavy atom. The molecule has 0 atom stereocenters. The SMILES string of the molecule is CCOc1cc(C=Nc2ccc(CC)cc2)cc(I)c1OCc1ccc(Cl)cc1. The maximum Gasteiger partial charge on any atom is 0.175 e. The highest BCUT2D eigenvalue weighted by atomic mass is 127. The van der Waals surface area contributed by atoms with E-state index >= 15 is 0 Å². The Morgan fingerprint density at radius 1 is 0.931 bits per heavy atom. The molecule has 29 heavy (non-hydrogen) atoms. The summed E-state index contributed by atoms with van der Waals surface area (Å²) in [4.78, 5) is 4.59. The van der Waals surface area contributed by atoms with Gasteiger partial charge in [-0.05, 0) is 89.0 Å². The Morgan fingerprint density at radius 2 is 1.62 bits per heavy atom. The molecule has 0 aromatic heterocycles. The van der Waals surface area contributed by atoms with Crippen LogP contribution in [0.2, 0.25) is 5.02 Å². The molecule has 0 saturated heterocycles. The van der Waals surface area contributed by atoms with Crippen LogP contribution in [0.4, 0.5) is 5.69 Å². The van der Waals surface area contributed by atoms with Gasteiger partial charge in [-0.1, -0.05) is 42.8 Å². The van der Waals surface area contributed by atoms with E-state index in [9.17, 15) is 0 Å². The van der Waals surface area contributed by atoms with E-state index in [1.807, 2.05) is 61.7 Å². The van der Waals surface area contributed by atoms with Crippen LogP contribution < -0.4 is 9.47 Å². The van der Waals surface area contributed by atoms with Gasteiger partial charge in [-0.25, -0.2) is 0 Å². The largest absolute Gasteiger partial charge is 0.490 e. The lowest BCUT2D eigenvalue weighted by Gasteiger charge is -2.15. The standard InChI is InChI=1S/C24H23ClINO2/c1-3-17-7-11-21(12-8-17)27-15-19-13-22(26)24(23(14-19)28-4-2)29-16-18-5-9-20(25)10-6-18/h5-15H,3-4,16H2,1-2H3. The lowest BCUT2D eigenvalue weighted by atomic mass is 10.1. The quantitative estimate of drug-likeness (QED) is 0.232. The number of hydrogen-bond acceptors (Lipinski definition) is 3. The third kappa shape index (κ3) is 6.21. The molecule has 0 N–H and O–H groups in total. The first-order valence-corrected chi connectivity index (χ1v) is 11.0. The van der Waals surface area contributed by atoms with Gasteiger partial charge in [-0.3, -0.25) is 4.99 Å². The molecular weight excluding hydrogens is 497 g/mol. The molecule has 0 heterocycles. The van der Waals surface area contributed by atoms with Gasteiger partial charge < -0.3 is 9.47 Å². The molecule has 0 radical (unpaired) electrons. The van der Waals surface area contributed by atoms with Crippen LogP contribution in [0.5, 0.6) is 11.5 Å². The van der Waals surface area contributed by atoms with Crippen LogP contribution in [-0.4, -0.2) is 12.8 Å². The molecule has 3 rings (SSSR count). The van der Waals surface area contributed by atoms with Crippen molar-refractivity contribution in [2.75, 3.05) is 6.61 Å². The normalized spacial score (nSPS) is 11.0. The van der Waals surface area contributed by atoms with Gasteiger partial charge in [-0.15, -0.1) is 0 Å². The van der Waals surface area contributed by atoms with Crippen molar-refractivity contribution in [2.45, 2.75) is 26.9 Å². The smallest absolute Gasteiger partial charge is 0.175 e. The summed E-state index contributed by atoms with van der Waals surface area (Å²) >= 11 is 8.23. The summed E-state index contributed by atoms with van der Waals surface area (Å²) in [5.74, 6) is 1.46. The highest BCUT2D eigenvalue weighted by Gasteiger charge is 2.12. The molecule has 0 amide bonds. The summed E-state index contributed by atoms with van der Waals surface area (Å²) in [5.41, 5.74) is 4.25. The number of aliphatic imine (C=N–C) groups is 1. The lowest BCUT2D eigenvalue weighted by molar-refractivity contribution is 0.267. The van der Waals surface area contributed by atoms with Crippen LogP contribution in [0.1, 0.15) is 30.5 Å². The lowest BCUT2D eigenvalue weighted by Crippen LogP contribution is -2.02. The number of hydrogen-bond donors (Lipinski definition) is 0. The van der Waals surface area contributed by atoms with Gasteiger partial charge in [0.15, 0.2) is 11.5 Å². The van der Waals surface area contributed by atoms with Crippen molar-refractivity contribution in [1.82, 2.24) is 0 Å². The molecule has 0 unspecified atom stereocenters. The summed E-state index contributed by atoms with van der Waals surface area (Å²) in [6.45, 7) is 5.12. The summed E-state index contributed by atoms with van der Waals surface area (Å²) in [6.07, 6.45) is 2.88. The Balaban J connectivity index is 1.79. The van der Waals surface area contributed by atoms with Crippen LogP contribution in [0.3, 0.4) is 0 Å². The predicted octanol–water partition coefficient (Wildman–Crippen LogP) is 7.24. The molecule has 3 aromatic rings. The topological polar surface area (TPSA) is 30.8 Å². The molecule has 0 fully saturated rings. The second-order valence-electron chi connectivity index (χ2n) is 6.46. The fourth-order valence-electron chi connectivity index (χ4n) is 2.77. The average Bonchev–Trinajstić information content (AvgIpc) is 2.73. The number of aryl methyl sites for hydroxylation is 1. The number of halogens is 2. The van der Waals surface area contributed by atoms with Gasteiger partial charge in [0.1, 0.15) is 6.61 Å². The maximum atomic E-state index is 6.07. The van der Waals surface area contributed by atoms with Gasteiger partial charge in [0, 0.05) is 11.2 Å². The zero-order valence-electron chi connectivity index (χ0n) is 16.5. The summed E-state index contributed by atoms with van der Waals surface area (Å²) in [5, 5.41) is 0.714. The van der Waals surface area contributed by atoms with Gasteiger partial charge in [0.2, 0.25) is 0 Å². The van der Waals surface area contributed by atoms with E-state index in [0.717, 1.165) is 38.3 Å². The maximum absolute atomic E-state index is 6.07. The van der Waals surface area contributed by atoms with Crippen LogP contribution >= 0.6 is 34.2 Å². The van der Waals surface area contributed by atoms with Gasteiger partial charge in [-0.2, -0.15) is 0 Å². The van der Waals surface area contributed by atoms with Crippen LogP contribution in [0, 0.1) is 3.57 Å². The van der Waals surface area contributed by atoms with Crippen LogP contribution in [0.15, 0.2) is 65.7 Å². The van der Waals surface area contributed by atoms with E-state index in [1.165, 1.54) is 5.56 Å². The van der Waals surface area contributed by atoms with E-state index in [0.29, 0.717) is 18.2 Å². The molecule has 3 aromatic carbocycles. The van der Waals surface area contributed by atoms with Crippen molar-refractivity contribution in [3.63, 3.8) is 0 Å². The van der Waals surface area contributed by atoms with Crippen LogP contribution in [-0.2, 0) is 13.0 Å². The minimum absolute atomic E-state index is 0.449. The third-order valence-electron chi connectivity index (χ3n) is 4.34. The first-order valence-electron chi connectivity index (χ1n) is 9.55. The molecule has 0 aliphatic carbocycles. The van der Waals surface area contributed by atoms with Gasteiger partial charge in [0.25, 0.3) is 0 Å². The molecule has 0 saturated carbocycles. The van der Waals surface area contributed by atoms with Gasteiger partial charge in [0.05, 0.1) is 15.9 Å². The van der Waals surface area contributed by atoms with Crippen molar-refractivity contribution >= 4 is 46.1 Å². The zero-order valence-corrected chi connectivity index (χ0v) is 19.4.